The summed E-state index contributed by atoms with van der Waals surface area (Å²) in [5.74, 6) is 0.419. The Morgan fingerprint density at radius 2 is 2.50 bits per heavy atom. The van der Waals surface area contributed by atoms with E-state index < -0.39 is 0 Å². The van der Waals surface area contributed by atoms with E-state index in [0.717, 1.165) is 6.42 Å². The molecular weight excluding hydrogens is 156 g/mol. The molecule has 1 aromatic rings. The van der Waals surface area contributed by atoms with Gasteiger partial charge in [0.1, 0.15) is 12.2 Å². The maximum Gasteiger partial charge on any atom is 0.313 e. The molecule has 0 amide bonds. The molecule has 3 nitrogen and oxygen atoms in total. The second-order valence-corrected chi connectivity index (χ2v) is 2.48. The maximum absolute atomic E-state index is 11.0. The van der Waals surface area contributed by atoms with Gasteiger partial charge in [-0.05, 0) is 18.6 Å². The van der Waals surface area contributed by atoms with Crippen molar-refractivity contribution in [2.75, 3.05) is 6.61 Å². The fraction of sp³-hybridized carbons (Fsp3) is 0.444. The van der Waals surface area contributed by atoms with Gasteiger partial charge in [-0.3, -0.25) is 4.79 Å². The van der Waals surface area contributed by atoms with Crippen molar-refractivity contribution in [2.45, 2.75) is 19.8 Å². The van der Waals surface area contributed by atoms with Crippen LogP contribution in [0, 0.1) is 0 Å². The van der Waals surface area contributed by atoms with E-state index in [2.05, 4.69) is 0 Å². The van der Waals surface area contributed by atoms with Crippen molar-refractivity contribution >= 4 is 5.97 Å². The molecular formula is C9H12O3. The zero-order valence-corrected chi connectivity index (χ0v) is 7.08. The smallest absolute Gasteiger partial charge is 0.313 e. The van der Waals surface area contributed by atoms with Crippen molar-refractivity contribution in [3.63, 3.8) is 0 Å². The average Bonchev–Trinajstić information content (AvgIpc) is 2.53. The molecule has 1 heterocycles. The van der Waals surface area contributed by atoms with Gasteiger partial charge in [0.2, 0.25) is 0 Å². The number of ether oxygens (including phenoxy) is 1. The van der Waals surface area contributed by atoms with Crippen molar-refractivity contribution in [3.8, 4) is 0 Å². The fourth-order valence-electron chi connectivity index (χ4n) is 0.822. The second-order valence-electron chi connectivity index (χ2n) is 2.48. The highest BCUT2D eigenvalue weighted by atomic mass is 16.5. The van der Waals surface area contributed by atoms with E-state index in [4.69, 9.17) is 9.15 Å². The molecule has 66 valence electrons. The molecule has 0 spiro atoms. The highest BCUT2D eigenvalue weighted by Crippen LogP contribution is 2.01. The molecule has 1 rings (SSSR count). The number of carbonyl (C=O) groups is 1. The van der Waals surface area contributed by atoms with Crippen LogP contribution in [0.4, 0.5) is 0 Å². The van der Waals surface area contributed by atoms with Crippen LogP contribution < -0.4 is 0 Å². The summed E-state index contributed by atoms with van der Waals surface area (Å²) >= 11 is 0. The molecule has 0 N–H and O–H groups in total. The average molecular weight is 168 g/mol. The Morgan fingerprint density at radius 3 is 3.08 bits per heavy atom. The maximum atomic E-state index is 11.0. The molecule has 0 radical (unpaired) electrons. The van der Waals surface area contributed by atoms with Crippen molar-refractivity contribution in [2.24, 2.45) is 0 Å². The molecule has 0 aliphatic rings. The van der Waals surface area contributed by atoms with Crippen LogP contribution in [0.3, 0.4) is 0 Å². The first kappa shape index (κ1) is 8.84. The molecule has 1 aromatic heterocycles. The lowest BCUT2D eigenvalue weighted by atomic mass is 10.3. The summed E-state index contributed by atoms with van der Waals surface area (Å²) in [7, 11) is 0. The van der Waals surface area contributed by atoms with Gasteiger partial charge < -0.3 is 9.15 Å². The molecule has 0 unspecified atom stereocenters. The first-order valence-corrected chi connectivity index (χ1v) is 4.01. The molecule has 3 heteroatoms. The van der Waals surface area contributed by atoms with E-state index in [1.807, 2.05) is 6.92 Å². The molecule has 0 aliphatic carbocycles. The minimum Gasteiger partial charge on any atom is -0.469 e. The molecule has 0 fully saturated rings. The molecule has 0 aromatic carbocycles. The fourth-order valence-corrected chi connectivity index (χ4v) is 0.822. The van der Waals surface area contributed by atoms with Crippen molar-refractivity contribution in [1.29, 1.82) is 0 Å². The summed E-state index contributed by atoms with van der Waals surface area (Å²) in [6, 6.07) is 3.51. The second kappa shape index (κ2) is 4.59. The topological polar surface area (TPSA) is 39.4 Å². The summed E-state index contributed by atoms with van der Waals surface area (Å²) < 4.78 is 9.85. The van der Waals surface area contributed by atoms with Crippen LogP contribution in [0.15, 0.2) is 22.8 Å². The van der Waals surface area contributed by atoms with Crippen molar-refractivity contribution in [1.82, 2.24) is 0 Å². The lowest BCUT2D eigenvalue weighted by molar-refractivity contribution is -0.143. The Morgan fingerprint density at radius 1 is 1.67 bits per heavy atom. The van der Waals surface area contributed by atoms with E-state index in [9.17, 15) is 4.79 Å². The zero-order valence-electron chi connectivity index (χ0n) is 7.08. The highest BCUT2D eigenvalue weighted by molar-refractivity contribution is 5.71. The molecule has 0 bridgehead atoms. The van der Waals surface area contributed by atoms with Crippen LogP contribution in [-0.2, 0) is 16.0 Å². The lowest BCUT2D eigenvalue weighted by Gasteiger charge is -1.99. The largest absolute Gasteiger partial charge is 0.469 e. The summed E-state index contributed by atoms with van der Waals surface area (Å²) in [5.41, 5.74) is 0. The summed E-state index contributed by atoms with van der Waals surface area (Å²) in [5, 5.41) is 0. The van der Waals surface area contributed by atoms with Crippen LogP contribution in [0.2, 0.25) is 0 Å². The Hall–Kier alpha value is -1.25. The van der Waals surface area contributed by atoms with Gasteiger partial charge in [-0.15, -0.1) is 0 Å². The summed E-state index contributed by atoms with van der Waals surface area (Å²) in [4.78, 5) is 11.0. The lowest BCUT2D eigenvalue weighted by Crippen LogP contribution is -2.07. The number of furan rings is 1. The number of carbonyl (C=O) groups excluding carboxylic acids is 1. The van der Waals surface area contributed by atoms with Crippen LogP contribution >= 0.6 is 0 Å². The first-order valence-electron chi connectivity index (χ1n) is 4.01. The Balaban J connectivity index is 2.27. The van der Waals surface area contributed by atoms with Gasteiger partial charge in [0.25, 0.3) is 0 Å². The van der Waals surface area contributed by atoms with Gasteiger partial charge in [-0.2, -0.15) is 0 Å². The van der Waals surface area contributed by atoms with Crippen molar-refractivity contribution in [3.05, 3.63) is 24.2 Å². The molecule has 12 heavy (non-hydrogen) atoms. The standard InChI is InChI=1S/C9H12O3/c1-2-5-12-9(10)7-8-4-3-6-11-8/h3-4,6H,2,5,7H2,1H3. The Kier molecular flexibility index (Phi) is 3.38. The molecule has 0 saturated carbocycles. The van der Waals surface area contributed by atoms with E-state index in [-0.39, 0.29) is 12.4 Å². The van der Waals surface area contributed by atoms with E-state index in [1.165, 1.54) is 0 Å². The minimum absolute atomic E-state index is 0.229. The van der Waals surface area contributed by atoms with Gasteiger partial charge in [-0.25, -0.2) is 0 Å². The summed E-state index contributed by atoms with van der Waals surface area (Å²) in [6.45, 7) is 2.44. The third-order valence-corrected chi connectivity index (χ3v) is 1.37. The van der Waals surface area contributed by atoms with E-state index in [1.54, 1.807) is 18.4 Å². The quantitative estimate of drug-likeness (QED) is 0.643. The number of esters is 1. The third kappa shape index (κ3) is 2.78. The first-order chi connectivity index (χ1) is 5.83. The summed E-state index contributed by atoms with van der Waals surface area (Å²) in [6.07, 6.45) is 2.62. The van der Waals surface area contributed by atoms with Crippen LogP contribution in [-0.4, -0.2) is 12.6 Å². The molecule has 0 aliphatic heterocycles. The normalized spacial score (nSPS) is 9.75. The Bertz CT molecular complexity index is 226. The van der Waals surface area contributed by atoms with Gasteiger partial charge in [0, 0.05) is 0 Å². The predicted octanol–water partition coefficient (Wildman–Crippen LogP) is 1.78. The van der Waals surface area contributed by atoms with Crippen LogP contribution in [0.25, 0.3) is 0 Å². The van der Waals surface area contributed by atoms with Crippen LogP contribution in [0.5, 0.6) is 0 Å². The number of rotatable bonds is 4. The SMILES string of the molecule is CCCOC(=O)Cc1ccco1. The van der Waals surface area contributed by atoms with E-state index >= 15 is 0 Å². The number of hydrogen-bond donors (Lipinski definition) is 0. The Labute approximate surface area is 71.3 Å². The predicted molar refractivity (Wildman–Crippen MR) is 43.7 cm³/mol. The molecule has 0 saturated heterocycles. The van der Waals surface area contributed by atoms with Gasteiger partial charge in [-0.1, -0.05) is 6.92 Å². The van der Waals surface area contributed by atoms with Crippen LogP contribution in [0.1, 0.15) is 19.1 Å². The van der Waals surface area contributed by atoms with Gasteiger partial charge >= 0.3 is 5.97 Å². The van der Waals surface area contributed by atoms with Gasteiger partial charge in [0.05, 0.1) is 12.9 Å². The third-order valence-electron chi connectivity index (χ3n) is 1.37. The van der Waals surface area contributed by atoms with E-state index in [0.29, 0.717) is 12.4 Å². The minimum atomic E-state index is -0.230. The number of hydrogen-bond acceptors (Lipinski definition) is 3. The monoisotopic (exact) mass is 168 g/mol. The highest BCUT2D eigenvalue weighted by Gasteiger charge is 2.05. The van der Waals surface area contributed by atoms with Gasteiger partial charge in [0.15, 0.2) is 0 Å². The van der Waals surface area contributed by atoms with Crippen molar-refractivity contribution < 1.29 is 13.9 Å². The molecule has 0 atom stereocenters. The zero-order chi connectivity index (χ0) is 8.81.